The van der Waals surface area contributed by atoms with Crippen LogP contribution in [0.25, 0.3) is 11.3 Å². The van der Waals surface area contributed by atoms with Crippen molar-refractivity contribution < 1.29 is 13.2 Å². The molecule has 0 unspecified atom stereocenters. The van der Waals surface area contributed by atoms with E-state index in [1.165, 1.54) is 12.1 Å². The number of pyridine rings is 1. The van der Waals surface area contributed by atoms with Crippen molar-refractivity contribution in [1.29, 1.82) is 0 Å². The van der Waals surface area contributed by atoms with Gasteiger partial charge in [0.25, 0.3) is 0 Å². The van der Waals surface area contributed by atoms with Crippen LogP contribution < -0.4 is 0 Å². The Morgan fingerprint density at radius 1 is 1.05 bits per heavy atom. The van der Waals surface area contributed by atoms with E-state index in [-0.39, 0.29) is 0 Å². The molecule has 1 aromatic heterocycles. The molecule has 112 valence electrons. The molecule has 1 aromatic carbocycles. The number of rotatable bonds is 4. The lowest BCUT2D eigenvalue weighted by Crippen LogP contribution is -2.04. The van der Waals surface area contributed by atoms with Crippen molar-refractivity contribution in [2.75, 3.05) is 5.88 Å². The van der Waals surface area contributed by atoms with Gasteiger partial charge in [-0.25, -0.2) is 0 Å². The second-order valence-electron chi connectivity index (χ2n) is 4.81. The molecule has 1 heterocycles. The maximum atomic E-state index is 12.5. The van der Waals surface area contributed by atoms with Gasteiger partial charge in [-0.15, -0.1) is 11.6 Å². The van der Waals surface area contributed by atoms with Gasteiger partial charge in [0, 0.05) is 17.1 Å². The van der Waals surface area contributed by atoms with E-state index in [1.54, 1.807) is 0 Å². The zero-order chi connectivity index (χ0) is 15.5. The molecule has 0 aliphatic heterocycles. The third-order valence-corrected chi connectivity index (χ3v) is 3.55. The first-order chi connectivity index (χ1) is 9.91. The summed E-state index contributed by atoms with van der Waals surface area (Å²) in [6, 6.07) is 8.84. The Bertz CT molecular complexity index is 606. The first-order valence-electron chi connectivity index (χ1n) is 6.62. The summed E-state index contributed by atoms with van der Waals surface area (Å²) in [5.74, 6) is 0.597. The fourth-order valence-corrected chi connectivity index (χ4v) is 2.24. The zero-order valence-corrected chi connectivity index (χ0v) is 12.3. The van der Waals surface area contributed by atoms with E-state index in [4.69, 9.17) is 11.6 Å². The Morgan fingerprint density at radius 3 is 2.24 bits per heavy atom. The van der Waals surface area contributed by atoms with Gasteiger partial charge >= 0.3 is 6.18 Å². The van der Waals surface area contributed by atoms with Gasteiger partial charge in [0.05, 0.1) is 11.3 Å². The van der Waals surface area contributed by atoms with Crippen LogP contribution in [0, 0.1) is 6.92 Å². The molecule has 0 bridgehead atoms. The van der Waals surface area contributed by atoms with E-state index < -0.39 is 11.7 Å². The second kappa shape index (κ2) is 6.48. The number of aromatic nitrogens is 1. The Labute approximate surface area is 126 Å². The molecule has 0 radical (unpaired) electrons. The molecule has 0 aliphatic carbocycles. The normalized spacial score (nSPS) is 11.7. The summed E-state index contributed by atoms with van der Waals surface area (Å²) in [6.45, 7) is 1.90. The Kier molecular flexibility index (Phi) is 4.88. The largest absolute Gasteiger partial charge is 0.416 e. The molecule has 0 saturated carbocycles. The Balaban J connectivity index is 2.24. The summed E-state index contributed by atoms with van der Waals surface area (Å²) < 4.78 is 37.6. The van der Waals surface area contributed by atoms with Crippen molar-refractivity contribution in [2.24, 2.45) is 0 Å². The average molecular weight is 314 g/mol. The summed E-state index contributed by atoms with van der Waals surface area (Å²) >= 11 is 5.67. The molecule has 5 heteroatoms. The summed E-state index contributed by atoms with van der Waals surface area (Å²) in [5, 5.41) is 0. The highest BCUT2D eigenvalue weighted by molar-refractivity contribution is 6.17. The van der Waals surface area contributed by atoms with Crippen LogP contribution in [0.4, 0.5) is 13.2 Å². The van der Waals surface area contributed by atoms with E-state index in [1.807, 2.05) is 19.1 Å². The minimum absolute atomic E-state index is 0.597. The molecule has 2 rings (SSSR count). The summed E-state index contributed by atoms with van der Waals surface area (Å²) in [6.07, 6.45) is -2.58. The molecule has 0 saturated heterocycles. The molecule has 21 heavy (non-hydrogen) atoms. The molecule has 0 N–H and O–H groups in total. The van der Waals surface area contributed by atoms with Gasteiger partial charge in [-0.05, 0) is 43.5 Å². The van der Waals surface area contributed by atoms with Gasteiger partial charge in [0.1, 0.15) is 0 Å². The van der Waals surface area contributed by atoms with E-state index in [2.05, 4.69) is 4.98 Å². The highest BCUT2D eigenvalue weighted by Gasteiger charge is 2.29. The van der Waals surface area contributed by atoms with Crippen molar-refractivity contribution >= 4 is 11.6 Å². The molecule has 1 nitrogen and oxygen atoms in total. The van der Waals surface area contributed by atoms with Crippen molar-refractivity contribution in [3.8, 4) is 11.3 Å². The lowest BCUT2D eigenvalue weighted by atomic mass is 10.0. The fourth-order valence-electron chi connectivity index (χ4n) is 2.10. The number of aryl methyl sites for hydroxylation is 2. The van der Waals surface area contributed by atoms with Crippen LogP contribution in [0.1, 0.15) is 23.2 Å². The van der Waals surface area contributed by atoms with E-state index >= 15 is 0 Å². The van der Waals surface area contributed by atoms with Crippen LogP contribution in [-0.4, -0.2) is 10.9 Å². The number of alkyl halides is 4. The number of hydrogen-bond donors (Lipinski definition) is 0. The molecule has 0 aliphatic rings. The lowest BCUT2D eigenvalue weighted by Gasteiger charge is -2.09. The molecule has 0 spiro atoms. The zero-order valence-electron chi connectivity index (χ0n) is 11.5. The lowest BCUT2D eigenvalue weighted by molar-refractivity contribution is -0.137. The van der Waals surface area contributed by atoms with E-state index in [9.17, 15) is 13.2 Å². The van der Waals surface area contributed by atoms with Crippen LogP contribution in [0.5, 0.6) is 0 Å². The fraction of sp³-hybridized carbons (Fsp3) is 0.312. The predicted molar refractivity (Wildman–Crippen MR) is 78.5 cm³/mol. The first-order valence-corrected chi connectivity index (χ1v) is 7.15. The second-order valence-corrected chi connectivity index (χ2v) is 5.19. The van der Waals surface area contributed by atoms with Crippen molar-refractivity contribution in [3.05, 3.63) is 53.2 Å². The number of nitrogens with zero attached hydrogens (tertiary/aromatic N) is 1. The Morgan fingerprint density at radius 2 is 1.71 bits per heavy atom. The molecule has 0 fully saturated rings. The van der Waals surface area contributed by atoms with Gasteiger partial charge in [-0.3, -0.25) is 4.98 Å². The number of benzene rings is 1. The monoisotopic (exact) mass is 313 g/mol. The van der Waals surface area contributed by atoms with Crippen LogP contribution in [0.15, 0.2) is 36.4 Å². The number of hydrogen-bond acceptors (Lipinski definition) is 1. The van der Waals surface area contributed by atoms with Gasteiger partial charge in [0.2, 0.25) is 0 Å². The van der Waals surface area contributed by atoms with Gasteiger partial charge in [0.15, 0.2) is 0 Å². The summed E-state index contributed by atoms with van der Waals surface area (Å²) in [5.41, 5.74) is 2.70. The minimum atomic E-state index is -4.31. The summed E-state index contributed by atoms with van der Waals surface area (Å²) in [4.78, 5) is 4.46. The van der Waals surface area contributed by atoms with Crippen molar-refractivity contribution in [2.45, 2.75) is 25.9 Å². The maximum Gasteiger partial charge on any atom is 0.416 e. The van der Waals surface area contributed by atoms with Crippen molar-refractivity contribution in [1.82, 2.24) is 4.98 Å². The summed E-state index contributed by atoms with van der Waals surface area (Å²) in [7, 11) is 0. The van der Waals surface area contributed by atoms with Crippen LogP contribution in [0.2, 0.25) is 0 Å². The third-order valence-electron chi connectivity index (χ3n) is 3.28. The standard InChI is InChI=1S/C16H15ClF3N/c1-11-12(3-2-10-17)6-9-15(21-11)13-4-7-14(8-5-13)16(18,19)20/h4-9H,2-3,10H2,1H3. The van der Waals surface area contributed by atoms with E-state index in [0.717, 1.165) is 36.2 Å². The predicted octanol–water partition coefficient (Wildman–Crippen LogP) is 5.25. The maximum absolute atomic E-state index is 12.5. The van der Waals surface area contributed by atoms with Crippen LogP contribution in [-0.2, 0) is 12.6 Å². The topological polar surface area (TPSA) is 12.9 Å². The molecular weight excluding hydrogens is 299 g/mol. The highest BCUT2D eigenvalue weighted by atomic mass is 35.5. The Hall–Kier alpha value is -1.55. The minimum Gasteiger partial charge on any atom is -0.253 e. The number of halogens is 4. The van der Waals surface area contributed by atoms with Gasteiger partial charge in [-0.1, -0.05) is 18.2 Å². The third kappa shape index (κ3) is 3.97. The molecule has 0 amide bonds. The molecular formula is C16H15ClF3N. The highest BCUT2D eigenvalue weighted by Crippen LogP contribution is 2.30. The van der Waals surface area contributed by atoms with Gasteiger partial charge < -0.3 is 0 Å². The molecule has 0 atom stereocenters. The molecule has 2 aromatic rings. The average Bonchev–Trinajstić information content (AvgIpc) is 2.45. The quantitative estimate of drug-likeness (QED) is 0.703. The smallest absolute Gasteiger partial charge is 0.253 e. The van der Waals surface area contributed by atoms with E-state index in [0.29, 0.717) is 17.1 Å². The van der Waals surface area contributed by atoms with Gasteiger partial charge in [-0.2, -0.15) is 13.2 Å². The van der Waals surface area contributed by atoms with Crippen LogP contribution in [0.3, 0.4) is 0 Å². The SMILES string of the molecule is Cc1nc(-c2ccc(C(F)(F)F)cc2)ccc1CCCCl. The first kappa shape index (κ1) is 15.8. The van der Waals surface area contributed by atoms with Crippen molar-refractivity contribution in [3.63, 3.8) is 0 Å². The van der Waals surface area contributed by atoms with Crippen LogP contribution >= 0.6 is 11.6 Å².